The van der Waals surface area contributed by atoms with Crippen LogP contribution in [-0.4, -0.2) is 0 Å². The average Bonchev–Trinajstić information content (AvgIpc) is 3.75. The Morgan fingerprint density at radius 2 is 0.893 bits per heavy atom. The van der Waals surface area contributed by atoms with E-state index in [1.807, 2.05) is 0 Å². The van der Waals surface area contributed by atoms with Crippen molar-refractivity contribution in [3.8, 4) is 44.5 Å². The molecule has 262 valence electrons. The molecule has 56 heavy (non-hydrogen) atoms. The molecule has 1 heteroatoms. The predicted molar refractivity (Wildman–Crippen MR) is 238 cm³/mol. The Bertz CT molecular complexity index is 3380. The molecule has 0 N–H and O–H groups in total. The van der Waals surface area contributed by atoms with Crippen molar-refractivity contribution in [1.29, 1.82) is 0 Å². The monoisotopic (exact) mass is 712 g/mol. The van der Waals surface area contributed by atoms with E-state index in [0.717, 1.165) is 27.3 Å². The van der Waals surface area contributed by atoms with Crippen LogP contribution in [-0.2, 0) is 5.41 Å². The molecule has 0 fully saturated rings. The fourth-order valence-corrected chi connectivity index (χ4v) is 10.1. The third-order valence-electron chi connectivity index (χ3n) is 12.6. The van der Waals surface area contributed by atoms with E-state index >= 15 is 0 Å². The van der Waals surface area contributed by atoms with Crippen LogP contribution in [0.25, 0.3) is 110 Å². The molecule has 0 saturated heterocycles. The molecule has 0 spiro atoms. The first-order valence-electron chi connectivity index (χ1n) is 19.6. The smallest absolute Gasteiger partial charge is 0.143 e. The maximum Gasteiger partial charge on any atom is 0.143 e. The first-order chi connectivity index (χ1) is 27.5. The van der Waals surface area contributed by atoms with Gasteiger partial charge in [-0.1, -0.05) is 166 Å². The summed E-state index contributed by atoms with van der Waals surface area (Å²) >= 11 is 0. The van der Waals surface area contributed by atoms with E-state index in [0.29, 0.717) is 0 Å². The standard InChI is InChI=1S/C55H36O/c1-55(2)48-22-12-10-21-45(48)52-43-28-29-44-38-16-11-13-23-49(38)56-54(44)47(43)32-46(53(52)55)36-26-24-35-31-37(27-25-34(35)30-36)51-41-19-8-6-17-39(41)50(33-14-4-3-5-15-33)40-18-7-9-20-42(40)51/h3-32H,1-2H3. The topological polar surface area (TPSA) is 13.1 Å². The summed E-state index contributed by atoms with van der Waals surface area (Å²) in [5.41, 5.74) is 14.6. The normalized spacial score (nSPS) is 13.3. The lowest BCUT2D eigenvalue weighted by molar-refractivity contribution is 0.662. The summed E-state index contributed by atoms with van der Waals surface area (Å²) in [6.07, 6.45) is 0. The average molecular weight is 713 g/mol. The van der Waals surface area contributed by atoms with E-state index in [2.05, 4.69) is 196 Å². The summed E-state index contributed by atoms with van der Waals surface area (Å²) in [5.74, 6) is 0. The van der Waals surface area contributed by atoms with E-state index in [-0.39, 0.29) is 5.41 Å². The quantitative estimate of drug-likeness (QED) is 0.166. The van der Waals surface area contributed by atoms with Gasteiger partial charge in [0.25, 0.3) is 0 Å². The molecule has 11 aromatic rings. The lowest BCUT2D eigenvalue weighted by Crippen LogP contribution is -2.16. The molecule has 0 radical (unpaired) electrons. The Hall–Kier alpha value is -6.96. The number of fused-ring (bicyclic) bond motifs is 12. The fraction of sp³-hybridized carbons (Fsp3) is 0.0545. The van der Waals surface area contributed by atoms with Crippen LogP contribution in [0.15, 0.2) is 186 Å². The Labute approximate surface area is 325 Å². The number of para-hydroxylation sites is 1. The second-order valence-electron chi connectivity index (χ2n) is 16.0. The van der Waals surface area contributed by atoms with Crippen molar-refractivity contribution < 1.29 is 4.42 Å². The van der Waals surface area contributed by atoms with Crippen molar-refractivity contribution in [2.24, 2.45) is 0 Å². The number of furan rings is 1. The van der Waals surface area contributed by atoms with Crippen LogP contribution in [0.1, 0.15) is 25.0 Å². The number of hydrogen-bond donors (Lipinski definition) is 0. The van der Waals surface area contributed by atoms with Crippen LogP contribution in [0.5, 0.6) is 0 Å². The molecule has 1 aromatic heterocycles. The molecule has 1 nitrogen and oxygen atoms in total. The zero-order valence-corrected chi connectivity index (χ0v) is 31.2. The van der Waals surface area contributed by atoms with Gasteiger partial charge in [0.1, 0.15) is 11.2 Å². The first-order valence-corrected chi connectivity index (χ1v) is 19.6. The molecular formula is C55H36O. The highest BCUT2D eigenvalue weighted by atomic mass is 16.3. The van der Waals surface area contributed by atoms with Gasteiger partial charge in [-0.05, 0) is 124 Å². The highest BCUT2D eigenvalue weighted by molar-refractivity contribution is 6.22. The first kappa shape index (κ1) is 31.4. The van der Waals surface area contributed by atoms with E-state index in [1.54, 1.807) is 0 Å². The van der Waals surface area contributed by atoms with Gasteiger partial charge >= 0.3 is 0 Å². The van der Waals surface area contributed by atoms with Crippen LogP contribution in [0.4, 0.5) is 0 Å². The largest absolute Gasteiger partial charge is 0.455 e. The maximum atomic E-state index is 6.68. The van der Waals surface area contributed by atoms with Gasteiger partial charge in [-0.25, -0.2) is 0 Å². The summed E-state index contributed by atoms with van der Waals surface area (Å²) in [6.45, 7) is 4.77. The van der Waals surface area contributed by atoms with Crippen molar-refractivity contribution in [2.75, 3.05) is 0 Å². The van der Waals surface area contributed by atoms with E-state index in [4.69, 9.17) is 4.42 Å². The van der Waals surface area contributed by atoms with Crippen LogP contribution in [0.2, 0.25) is 0 Å². The molecule has 0 unspecified atom stereocenters. The molecular weight excluding hydrogens is 677 g/mol. The van der Waals surface area contributed by atoms with Crippen LogP contribution >= 0.6 is 0 Å². The molecule has 1 aliphatic carbocycles. The molecule has 0 aliphatic heterocycles. The fourth-order valence-electron chi connectivity index (χ4n) is 10.1. The zero-order valence-electron chi connectivity index (χ0n) is 31.2. The molecule has 0 bridgehead atoms. The summed E-state index contributed by atoms with van der Waals surface area (Å²) in [4.78, 5) is 0. The van der Waals surface area contributed by atoms with Crippen molar-refractivity contribution in [3.05, 3.63) is 193 Å². The van der Waals surface area contributed by atoms with Gasteiger partial charge in [0.2, 0.25) is 0 Å². The van der Waals surface area contributed by atoms with Gasteiger partial charge in [0.05, 0.1) is 0 Å². The molecule has 0 atom stereocenters. The Morgan fingerprint density at radius 3 is 1.61 bits per heavy atom. The van der Waals surface area contributed by atoms with Crippen molar-refractivity contribution in [3.63, 3.8) is 0 Å². The summed E-state index contributed by atoms with van der Waals surface area (Å²) in [6, 6.07) is 67.1. The minimum Gasteiger partial charge on any atom is -0.455 e. The van der Waals surface area contributed by atoms with Crippen LogP contribution in [0, 0.1) is 0 Å². The van der Waals surface area contributed by atoms with Crippen LogP contribution < -0.4 is 0 Å². The molecule has 12 rings (SSSR count). The SMILES string of the molecule is CC1(C)c2ccccc2-c2c1c(-c1ccc3cc(-c4c5ccccc5c(-c5ccccc5)c5ccccc45)ccc3c1)cc1c2ccc2c3ccccc3oc12. The zero-order chi connectivity index (χ0) is 37.1. The second kappa shape index (κ2) is 11.5. The summed E-state index contributed by atoms with van der Waals surface area (Å²) in [5, 5.41) is 12.3. The van der Waals surface area contributed by atoms with Gasteiger partial charge in [-0.2, -0.15) is 0 Å². The van der Waals surface area contributed by atoms with Gasteiger partial charge < -0.3 is 4.42 Å². The molecule has 10 aromatic carbocycles. The van der Waals surface area contributed by atoms with Gasteiger partial charge in [0, 0.05) is 21.6 Å². The third kappa shape index (κ3) is 4.31. The minimum atomic E-state index is -0.175. The molecule has 1 aliphatic rings. The van der Waals surface area contributed by atoms with E-state index < -0.39 is 0 Å². The summed E-state index contributed by atoms with van der Waals surface area (Å²) < 4.78 is 6.68. The Morgan fingerprint density at radius 1 is 0.357 bits per heavy atom. The predicted octanol–water partition coefficient (Wildman–Crippen LogP) is 15.5. The van der Waals surface area contributed by atoms with E-state index in [1.165, 1.54) is 93.3 Å². The lowest BCUT2D eigenvalue weighted by atomic mass is 9.77. The van der Waals surface area contributed by atoms with Crippen molar-refractivity contribution >= 4 is 65.0 Å². The number of hydrogen-bond acceptors (Lipinski definition) is 1. The van der Waals surface area contributed by atoms with Crippen molar-refractivity contribution in [1.82, 2.24) is 0 Å². The molecule has 0 amide bonds. The van der Waals surface area contributed by atoms with Gasteiger partial charge in [0.15, 0.2) is 0 Å². The third-order valence-corrected chi connectivity index (χ3v) is 12.6. The number of benzene rings is 10. The maximum absolute atomic E-state index is 6.68. The number of rotatable bonds is 3. The Balaban J connectivity index is 1.09. The van der Waals surface area contributed by atoms with E-state index in [9.17, 15) is 0 Å². The highest BCUT2D eigenvalue weighted by Gasteiger charge is 2.39. The highest BCUT2D eigenvalue weighted by Crippen LogP contribution is 2.56. The Kier molecular flexibility index (Phi) is 6.46. The second-order valence-corrected chi connectivity index (χ2v) is 16.0. The van der Waals surface area contributed by atoms with Gasteiger partial charge in [-0.3, -0.25) is 0 Å². The minimum absolute atomic E-state index is 0.175. The molecule has 1 heterocycles. The summed E-state index contributed by atoms with van der Waals surface area (Å²) in [7, 11) is 0. The van der Waals surface area contributed by atoms with Crippen molar-refractivity contribution in [2.45, 2.75) is 19.3 Å². The lowest BCUT2D eigenvalue weighted by Gasteiger charge is -2.25. The molecule has 0 saturated carbocycles. The van der Waals surface area contributed by atoms with Crippen LogP contribution in [0.3, 0.4) is 0 Å². The van der Waals surface area contributed by atoms with Gasteiger partial charge in [-0.15, -0.1) is 0 Å².